The summed E-state index contributed by atoms with van der Waals surface area (Å²) < 4.78 is 4.98. The minimum atomic E-state index is -0.794. The lowest BCUT2D eigenvalue weighted by atomic mass is 10.1. The second kappa shape index (κ2) is 8.03. The van der Waals surface area contributed by atoms with Gasteiger partial charge in [0.15, 0.2) is 12.4 Å². The molecule has 9 nitrogen and oxygen atoms in total. The average molecular weight is 387 g/mol. The van der Waals surface area contributed by atoms with Crippen molar-refractivity contribution >= 4 is 29.0 Å². The van der Waals surface area contributed by atoms with Gasteiger partial charge < -0.3 is 15.0 Å². The number of hydrogen-bond acceptors (Lipinski definition) is 6. The zero-order valence-electron chi connectivity index (χ0n) is 16.3. The van der Waals surface area contributed by atoms with E-state index in [1.165, 1.54) is 19.1 Å². The van der Waals surface area contributed by atoms with Crippen LogP contribution >= 0.6 is 0 Å². The van der Waals surface area contributed by atoms with Crippen LogP contribution in [0.25, 0.3) is 0 Å². The maximum atomic E-state index is 12.2. The molecule has 0 aliphatic carbocycles. The van der Waals surface area contributed by atoms with Crippen LogP contribution in [0.2, 0.25) is 0 Å². The molecule has 28 heavy (non-hydrogen) atoms. The normalized spacial score (nSPS) is 10.5. The second-order valence-electron chi connectivity index (χ2n) is 6.52. The molecule has 148 valence electrons. The number of Topliss-reactive ketones (excluding diaryl/α,β-unsaturated/α-hetero) is 1. The smallest absolute Gasteiger partial charge is 0.355 e. The van der Waals surface area contributed by atoms with E-state index in [-0.39, 0.29) is 22.9 Å². The van der Waals surface area contributed by atoms with Gasteiger partial charge in [-0.2, -0.15) is 0 Å². The van der Waals surface area contributed by atoms with Crippen molar-refractivity contribution in [2.75, 3.05) is 11.9 Å². The van der Waals surface area contributed by atoms with E-state index in [2.05, 4.69) is 10.3 Å². The number of ketones is 1. The molecule has 0 bridgehead atoms. The van der Waals surface area contributed by atoms with Crippen molar-refractivity contribution in [3.63, 3.8) is 0 Å². The minimum Gasteiger partial charge on any atom is -0.451 e. The number of nitrogens with one attached hydrogen (secondary N) is 2. The summed E-state index contributed by atoms with van der Waals surface area (Å²) in [7, 11) is 0. The molecule has 1 amide bonds. The number of aromatic nitrogens is 1. The van der Waals surface area contributed by atoms with Gasteiger partial charge >= 0.3 is 5.97 Å². The quantitative estimate of drug-likeness (QED) is 0.339. The Kier molecular flexibility index (Phi) is 5.97. The summed E-state index contributed by atoms with van der Waals surface area (Å²) in [6.45, 7) is 7.52. The number of benzene rings is 1. The highest BCUT2D eigenvalue weighted by molar-refractivity contribution is 6.02. The van der Waals surface area contributed by atoms with Crippen molar-refractivity contribution in [1.29, 1.82) is 0 Å². The van der Waals surface area contributed by atoms with Gasteiger partial charge in [-0.25, -0.2) is 4.79 Å². The van der Waals surface area contributed by atoms with Crippen molar-refractivity contribution in [2.24, 2.45) is 0 Å². The summed E-state index contributed by atoms with van der Waals surface area (Å²) >= 11 is 0. The summed E-state index contributed by atoms with van der Waals surface area (Å²) in [5.41, 5.74) is 2.74. The molecule has 0 aliphatic rings. The molecule has 0 saturated carbocycles. The van der Waals surface area contributed by atoms with Crippen LogP contribution in [0.5, 0.6) is 0 Å². The Balaban J connectivity index is 2.11. The van der Waals surface area contributed by atoms with Gasteiger partial charge in [0.25, 0.3) is 11.6 Å². The van der Waals surface area contributed by atoms with Crippen LogP contribution in [0.4, 0.5) is 11.4 Å². The average Bonchev–Trinajstić information content (AvgIpc) is 2.90. The highest BCUT2D eigenvalue weighted by Crippen LogP contribution is 2.28. The maximum Gasteiger partial charge on any atom is 0.355 e. The Bertz CT molecular complexity index is 990. The van der Waals surface area contributed by atoms with Gasteiger partial charge in [-0.1, -0.05) is 0 Å². The molecule has 0 fully saturated rings. The van der Waals surface area contributed by atoms with E-state index in [0.29, 0.717) is 16.8 Å². The lowest BCUT2D eigenvalue weighted by Crippen LogP contribution is -2.22. The number of nitro groups is 1. The Morgan fingerprint density at radius 2 is 1.75 bits per heavy atom. The fraction of sp³-hybridized carbons (Fsp3) is 0.316. The summed E-state index contributed by atoms with van der Waals surface area (Å²) in [4.78, 5) is 49.4. The molecule has 9 heteroatoms. The summed E-state index contributed by atoms with van der Waals surface area (Å²) in [5, 5.41) is 13.6. The van der Waals surface area contributed by atoms with Crippen LogP contribution in [-0.2, 0) is 9.53 Å². The van der Waals surface area contributed by atoms with Gasteiger partial charge in [-0.3, -0.25) is 19.7 Å². The largest absolute Gasteiger partial charge is 0.451 e. The number of carbonyl (C=O) groups excluding carboxylic acids is 3. The topological polar surface area (TPSA) is 131 Å². The predicted molar refractivity (Wildman–Crippen MR) is 102 cm³/mol. The van der Waals surface area contributed by atoms with Crippen molar-refractivity contribution in [3.05, 3.63) is 55.9 Å². The monoisotopic (exact) mass is 387 g/mol. The molecule has 0 saturated heterocycles. The van der Waals surface area contributed by atoms with Crippen LogP contribution in [-0.4, -0.2) is 34.2 Å². The number of amides is 1. The van der Waals surface area contributed by atoms with Crippen LogP contribution in [0.1, 0.15) is 50.2 Å². The number of rotatable bonds is 6. The van der Waals surface area contributed by atoms with Crippen LogP contribution in [0.3, 0.4) is 0 Å². The molecule has 1 heterocycles. The first kappa shape index (κ1) is 20.8. The third-order valence-electron chi connectivity index (χ3n) is 4.41. The number of ether oxygens (including phenoxy) is 1. The number of anilines is 1. The fourth-order valence-electron chi connectivity index (χ4n) is 2.92. The molecule has 1 aromatic heterocycles. The number of hydrogen-bond donors (Lipinski definition) is 2. The van der Waals surface area contributed by atoms with E-state index in [4.69, 9.17) is 4.74 Å². The first-order valence-corrected chi connectivity index (χ1v) is 8.45. The van der Waals surface area contributed by atoms with Crippen LogP contribution in [0, 0.1) is 37.8 Å². The first-order chi connectivity index (χ1) is 13.0. The zero-order chi connectivity index (χ0) is 21.2. The molecule has 0 unspecified atom stereocenters. The van der Waals surface area contributed by atoms with Gasteiger partial charge in [0, 0.05) is 17.3 Å². The molecular formula is C19H21N3O6. The number of aromatic amines is 1. The zero-order valence-corrected chi connectivity index (χ0v) is 16.3. The third-order valence-corrected chi connectivity index (χ3v) is 4.41. The molecule has 2 rings (SSSR count). The van der Waals surface area contributed by atoms with Crippen molar-refractivity contribution in [1.82, 2.24) is 4.98 Å². The highest BCUT2D eigenvalue weighted by Gasteiger charge is 2.22. The number of aryl methyl sites for hydroxylation is 3. The van der Waals surface area contributed by atoms with Gasteiger partial charge in [-0.05, 0) is 57.4 Å². The molecular weight excluding hydrogens is 366 g/mol. The summed E-state index contributed by atoms with van der Waals surface area (Å²) in [5.74, 6) is -1.70. The number of nitrogens with zero attached hydrogens (tertiary/aromatic N) is 1. The van der Waals surface area contributed by atoms with E-state index in [0.717, 1.165) is 11.1 Å². The number of carbonyl (C=O) groups is 3. The minimum absolute atomic E-state index is 0.0277. The van der Waals surface area contributed by atoms with Gasteiger partial charge in [0.2, 0.25) is 0 Å². The van der Waals surface area contributed by atoms with Crippen LogP contribution < -0.4 is 5.32 Å². The first-order valence-electron chi connectivity index (χ1n) is 8.45. The van der Waals surface area contributed by atoms with Gasteiger partial charge in [0.05, 0.1) is 4.92 Å². The van der Waals surface area contributed by atoms with Crippen LogP contribution in [0.15, 0.2) is 12.1 Å². The highest BCUT2D eigenvalue weighted by atomic mass is 16.6. The predicted octanol–water partition coefficient (Wildman–Crippen LogP) is 3.15. The molecule has 0 atom stereocenters. The van der Waals surface area contributed by atoms with E-state index in [9.17, 15) is 24.5 Å². The number of H-pyrrole nitrogens is 1. The van der Waals surface area contributed by atoms with E-state index >= 15 is 0 Å². The molecule has 0 spiro atoms. The molecule has 2 N–H and O–H groups in total. The summed E-state index contributed by atoms with van der Waals surface area (Å²) in [6, 6.07) is 2.86. The van der Waals surface area contributed by atoms with Crippen molar-refractivity contribution in [2.45, 2.75) is 34.6 Å². The molecule has 1 aromatic carbocycles. The van der Waals surface area contributed by atoms with E-state index in [1.54, 1.807) is 27.7 Å². The standard InChI is InChI=1S/C19H21N3O6/c1-9-6-14(15(22(26)27)7-10(9)2)21-16(24)8-28-19(25)18-11(3)17(13(5)23)12(4)20-18/h6-7,20H,8H2,1-5H3,(H,21,24). The third kappa shape index (κ3) is 4.25. The molecule has 0 aliphatic heterocycles. The Morgan fingerprint density at radius 1 is 1.14 bits per heavy atom. The lowest BCUT2D eigenvalue weighted by molar-refractivity contribution is -0.384. The Hall–Kier alpha value is -3.49. The number of nitro benzene ring substituents is 1. The number of esters is 1. The van der Waals surface area contributed by atoms with Crippen molar-refractivity contribution < 1.29 is 24.0 Å². The second-order valence-corrected chi connectivity index (χ2v) is 6.52. The Labute approximate surface area is 161 Å². The van der Waals surface area contributed by atoms with E-state index < -0.39 is 23.4 Å². The van der Waals surface area contributed by atoms with Gasteiger partial charge in [0.1, 0.15) is 11.4 Å². The Morgan fingerprint density at radius 3 is 2.29 bits per heavy atom. The van der Waals surface area contributed by atoms with Gasteiger partial charge in [-0.15, -0.1) is 0 Å². The molecule has 2 aromatic rings. The van der Waals surface area contributed by atoms with E-state index in [1.807, 2.05) is 0 Å². The van der Waals surface area contributed by atoms with Crippen molar-refractivity contribution in [3.8, 4) is 0 Å². The molecule has 0 radical (unpaired) electrons. The maximum absolute atomic E-state index is 12.2. The summed E-state index contributed by atoms with van der Waals surface area (Å²) in [6.07, 6.45) is 0. The SMILES string of the molecule is CC(=O)c1c(C)[nH]c(C(=O)OCC(=O)Nc2cc(C)c(C)cc2[N+](=O)[O-])c1C. The lowest BCUT2D eigenvalue weighted by Gasteiger charge is -2.09. The fourth-order valence-corrected chi connectivity index (χ4v) is 2.92.